The Morgan fingerprint density at radius 2 is 2.31 bits per heavy atom. The number of hydrogen-bond acceptors (Lipinski definition) is 4. The van der Waals surface area contributed by atoms with Crippen LogP contribution in [-0.4, -0.2) is 15.4 Å². The molecule has 0 aliphatic rings. The number of aromatic carboxylic acids is 1. The maximum Gasteiger partial charge on any atom is 0.335 e. The molecule has 0 aliphatic heterocycles. The van der Waals surface area contributed by atoms with Gasteiger partial charge in [0.05, 0.1) is 10.3 Å². The molecule has 66 valence electrons. The number of fused-ring (bicyclic) bond motifs is 1. The number of rotatable bonds is 1. The summed E-state index contributed by atoms with van der Waals surface area (Å²) in [5.41, 5.74) is 5.81. The molecule has 2 aromatic rings. The van der Waals surface area contributed by atoms with E-state index < -0.39 is 5.97 Å². The van der Waals surface area contributed by atoms with Crippen LogP contribution >= 0.6 is 11.5 Å². The van der Waals surface area contributed by atoms with Crippen LogP contribution in [0.25, 0.3) is 10.1 Å². The lowest BCUT2D eigenvalue weighted by atomic mass is 10.2. The van der Waals surface area contributed by atoms with E-state index in [1.165, 1.54) is 17.6 Å². The molecule has 1 heterocycles. The molecule has 0 saturated carbocycles. The van der Waals surface area contributed by atoms with E-state index in [9.17, 15) is 4.79 Å². The standard InChI is InChI=1S/C8H6N2O2S/c9-7-5-2-1-4(8(11)12)3-6(5)13-10-7/h1-3H,(H2,9,10)(H,11,12). The third-order valence-electron chi connectivity index (χ3n) is 1.75. The van der Waals surface area contributed by atoms with Crippen LogP contribution in [0.15, 0.2) is 18.2 Å². The third kappa shape index (κ3) is 1.23. The first-order chi connectivity index (χ1) is 6.18. The number of carboxylic acids is 1. The summed E-state index contributed by atoms with van der Waals surface area (Å²) in [5.74, 6) is -0.481. The number of nitrogen functional groups attached to an aromatic ring is 1. The highest BCUT2D eigenvalue weighted by Crippen LogP contribution is 2.25. The first-order valence-corrected chi connectivity index (χ1v) is 4.34. The smallest absolute Gasteiger partial charge is 0.335 e. The second kappa shape index (κ2) is 2.70. The lowest BCUT2D eigenvalue weighted by Gasteiger charge is -1.93. The van der Waals surface area contributed by atoms with E-state index in [2.05, 4.69) is 4.37 Å². The van der Waals surface area contributed by atoms with E-state index in [1.807, 2.05) is 0 Å². The predicted molar refractivity (Wildman–Crippen MR) is 51.0 cm³/mol. The topological polar surface area (TPSA) is 76.2 Å². The summed E-state index contributed by atoms with van der Waals surface area (Å²) in [4.78, 5) is 10.6. The highest BCUT2D eigenvalue weighted by molar-refractivity contribution is 7.13. The van der Waals surface area contributed by atoms with Crippen LogP contribution in [0.2, 0.25) is 0 Å². The summed E-state index contributed by atoms with van der Waals surface area (Å²) in [6.45, 7) is 0. The van der Waals surface area contributed by atoms with Crippen molar-refractivity contribution in [2.45, 2.75) is 0 Å². The van der Waals surface area contributed by atoms with Gasteiger partial charge in [0.15, 0.2) is 0 Å². The first-order valence-electron chi connectivity index (χ1n) is 3.56. The molecular weight excluding hydrogens is 188 g/mol. The van der Waals surface area contributed by atoms with Gasteiger partial charge in [-0.25, -0.2) is 4.79 Å². The van der Waals surface area contributed by atoms with Gasteiger partial charge < -0.3 is 10.8 Å². The minimum Gasteiger partial charge on any atom is -0.478 e. The van der Waals surface area contributed by atoms with Crippen LogP contribution in [0.5, 0.6) is 0 Å². The molecule has 2 rings (SSSR count). The van der Waals surface area contributed by atoms with Gasteiger partial charge in [-0.05, 0) is 29.7 Å². The molecule has 0 fully saturated rings. The molecule has 5 heteroatoms. The maximum absolute atomic E-state index is 10.6. The zero-order valence-corrected chi connectivity index (χ0v) is 7.34. The molecule has 0 atom stereocenters. The third-order valence-corrected chi connectivity index (χ3v) is 2.57. The van der Waals surface area contributed by atoms with E-state index in [-0.39, 0.29) is 5.56 Å². The van der Waals surface area contributed by atoms with Gasteiger partial charge in [-0.15, -0.1) is 0 Å². The van der Waals surface area contributed by atoms with Crippen LogP contribution in [0.1, 0.15) is 10.4 Å². The van der Waals surface area contributed by atoms with Crippen LogP contribution in [0.4, 0.5) is 5.82 Å². The van der Waals surface area contributed by atoms with Crippen molar-refractivity contribution in [2.24, 2.45) is 0 Å². The van der Waals surface area contributed by atoms with Gasteiger partial charge >= 0.3 is 5.97 Å². The molecule has 3 N–H and O–H groups in total. The molecule has 0 amide bonds. The van der Waals surface area contributed by atoms with Crippen molar-refractivity contribution in [1.29, 1.82) is 0 Å². The predicted octanol–water partition coefficient (Wildman–Crippen LogP) is 1.58. The Balaban J connectivity index is 2.70. The van der Waals surface area contributed by atoms with E-state index >= 15 is 0 Å². The Morgan fingerprint density at radius 3 is 3.00 bits per heavy atom. The van der Waals surface area contributed by atoms with Crippen molar-refractivity contribution in [1.82, 2.24) is 4.37 Å². The summed E-state index contributed by atoms with van der Waals surface area (Å²) in [6, 6.07) is 4.78. The highest BCUT2D eigenvalue weighted by Gasteiger charge is 2.07. The summed E-state index contributed by atoms with van der Waals surface area (Å²) in [7, 11) is 0. The summed E-state index contributed by atoms with van der Waals surface area (Å²) >= 11 is 1.21. The van der Waals surface area contributed by atoms with Gasteiger partial charge in [0.2, 0.25) is 0 Å². The number of anilines is 1. The van der Waals surface area contributed by atoms with Crippen LogP contribution in [-0.2, 0) is 0 Å². The summed E-state index contributed by atoms with van der Waals surface area (Å²) < 4.78 is 4.73. The van der Waals surface area contributed by atoms with Crippen molar-refractivity contribution < 1.29 is 9.90 Å². The van der Waals surface area contributed by atoms with Crippen LogP contribution in [0.3, 0.4) is 0 Å². The quantitative estimate of drug-likeness (QED) is 0.722. The van der Waals surface area contributed by atoms with Crippen molar-refractivity contribution in [3.63, 3.8) is 0 Å². The summed E-state index contributed by atoms with van der Waals surface area (Å²) in [5, 5.41) is 9.52. The van der Waals surface area contributed by atoms with Gasteiger partial charge in [-0.2, -0.15) is 4.37 Å². The minimum atomic E-state index is -0.936. The van der Waals surface area contributed by atoms with Gasteiger partial charge in [0.25, 0.3) is 0 Å². The number of carbonyl (C=O) groups is 1. The molecule has 0 bridgehead atoms. The van der Waals surface area contributed by atoms with Crippen LogP contribution < -0.4 is 5.73 Å². The molecule has 13 heavy (non-hydrogen) atoms. The van der Waals surface area contributed by atoms with Crippen molar-refractivity contribution in [3.8, 4) is 0 Å². The minimum absolute atomic E-state index is 0.260. The van der Waals surface area contributed by atoms with Gasteiger partial charge in [-0.1, -0.05) is 0 Å². The SMILES string of the molecule is Nc1nsc2cc(C(=O)O)ccc12. The molecule has 1 aromatic carbocycles. The fraction of sp³-hybridized carbons (Fsp3) is 0. The van der Waals surface area contributed by atoms with E-state index in [1.54, 1.807) is 12.1 Å². The van der Waals surface area contributed by atoms with E-state index in [4.69, 9.17) is 10.8 Å². The number of aromatic nitrogens is 1. The summed E-state index contributed by atoms with van der Waals surface area (Å²) in [6.07, 6.45) is 0. The maximum atomic E-state index is 10.6. The Labute approximate surface area is 77.8 Å². The normalized spacial score (nSPS) is 10.5. The fourth-order valence-corrected chi connectivity index (χ4v) is 1.84. The van der Waals surface area contributed by atoms with Crippen molar-refractivity contribution in [3.05, 3.63) is 23.8 Å². The Kier molecular flexibility index (Phi) is 1.66. The van der Waals surface area contributed by atoms with Crippen molar-refractivity contribution in [2.75, 3.05) is 5.73 Å². The molecule has 4 nitrogen and oxygen atoms in total. The molecule has 0 radical (unpaired) electrons. The van der Waals surface area contributed by atoms with Crippen molar-refractivity contribution >= 4 is 33.4 Å². The molecule has 0 aliphatic carbocycles. The lowest BCUT2D eigenvalue weighted by molar-refractivity contribution is 0.0697. The Morgan fingerprint density at radius 1 is 1.54 bits per heavy atom. The molecule has 0 unspecified atom stereocenters. The van der Waals surface area contributed by atoms with E-state index in [0.717, 1.165) is 10.1 Å². The van der Waals surface area contributed by atoms with Gasteiger partial charge in [-0.3, -0.25) is 0 Å². The van der Waals surface area contributed by atoms with Gasteiger partial charge in [0, 0.05) is 5.39 Å². The Bertz CT molecular complexity index is 478. The zero-order chi connectivity index (χ0) is 9.42. The molecule has 0 saturated heterocycles. The Hall–Kier alpha value is -1.62. The first kappa shape index (κ1) is 8.00. The fourth-order valence-electron chi connectivity index (χ4n) is 1.09. The lowest BCUT2D eigenvalue weighted by Crippen LogP contribution is -1.94. The molecule has 1 aromatic heterocycles. The van der Waals surface area contributed by atoms with Gasteiger partial charge in [0.1, 0.15) is 5.82 Å². The number of nitrogens with two attached hydrogens (primary N) is 1. The second-order valence-electron chi connectivity index (χ2n) is 2.58. The average Bonchev–Trinajstić information content (AvgIpc) is 2.47. The number of nitrogens with zero attached hydrogens (tertiary/aromatic N) is 1. The average molecular weight is 194 g/mol. The van der Waals surface area contributed by atoms with Crippen LogP contribution in [0, 0.1) is 0 Å². The number of benzene rings is 1. The monoisotopic (exact) mass is 194 g/mol. The largest absolute Gasteiger partial charge is 0.478 e. The zero-order valence-electron chi connectivity index (χ0n) is 6.52. The second-order valence-corrected chi connectivity index (χ2v) is 3.39. The number of carboxylic acid groups (broad SMARTS) is 1. The molecular formula is C8H6N2O2S. The molecule has 0 spiro atoms. The number of hydrogen-bond donors (Lipinski definition) is 2. The van der Waals surface area contributed by atoms with E-state index in [0.29, 0.717) is 5.82 Å². The highest BCUT2D eigenvalue weighted by atomic mass is 32.1.